The van der Waals surface area contributed by atoms with Crippen molar-refractivity contribution in [1.82, 2.24) is 10.2 Å². The Morgan fingerprint density at radius 1 is 1.04 bits per heavy atom. The molecule has 0 aromatic heterocycles. The molecule has 0 saturated carbocycles. The SMILES string of the molecule is C[C@]1(c2cc(F)ccc2F)NC(=O)N(Cc2cccc(F)c2)C1=O. The van der Waals surface area contributed by atoms with Gasteiger partial charge < -0.3 is 5.32 Å². The monoisotopic (exact) mass is 334 g/mol. The highest BCUT2D eigenvalue weighted by atomic mass is 19.1. The fraction of sp³-hybridized carbons (Fsp3) is 0.176. The van der Waals surface area contributed by atoms with Crippen LogP contribution in [0.3, 0.4) is 0 Å². The van der Waals surface area contributed by atoms with E-state index in [-0.39, 0.29) is 12.1 Å². The summed E-state index contributed by atoms with van der Waals surface area (Å²) in [6.07, 6.45) is 0. The molecule has 24 heavy (non-hydrogen) atoms. The van der Waals surface area contributed by atoms with Crippen LogP contribution in [0.25, 0.3) is 0 Å². The standard InChI is InChI=1S/C17H13F3N2O2/c1-17(13-8-12(19)5-6-14(13)20)15(23)22(16(24)21-17)9-10-3-2-4-11(18)7-10/h2-8H,9H2,1H3,(H,21,24)/t17-/m1/s1. The van der Waals surface area contributed by atoms with E-state index in [9.17, 15) is 22.8 Å². The number of benzene rings is 2. The summed E-state index contributed by atoms with van der Waals surface area (Å²) < 4.78 is 40.7. The predicted octanol–water partition coefficient (Wildman–Crippen LogP) is 3.07. The molecule has 2 aromatic carbocycles. The number of nitrogens with one attached hydrogen (secondary N) is 1. The van der Waals surface area contributed by atoms with E-state index < -0.39 is 34.9 Å². The number of halogens is 3. The quantitative estimate of drug-likeness (QED) is 0.877. The van der Waals surface area contributed by atoms with Gasteiger partial charge in [0.1, 0.15) is 23.0 Å². The number of hydrogen-bond acceptors (Lipinski definition) is 2. The van der Waals surface area contributed by atoms with Gasteiger partial charge in [-0.05, 0) is 42.8 Å². The molecule has 0 spiro atoms. The molecule has 0 aliphatic carbocycles. The van der Waals surface area contributed by atoms with Gasteiger partial charge in [-0.3, -0.25) is 9.69 Å². The van der Waals surface area contributed by atoms with E-state index in [2.05, 4.69) is 5.32 Å². The lowest BCUT2D eigenvalue weighted by atomic mass is 9.91. The Labute approximate surface area is 135 Å². The topological polar surface area (TPSA) is 49.4 Å². The normalized spacial score (nSPS) is 20.4. The molecular formula is C17H13F3N2O2. The summed E-state index contributed by atoms with van der Waals surface area (Å²) in [4.78, 5) is 25.6. The average Bonchev–Trinajstić information content (AvgIpc) is 2.74. The van der Waals surface area contributed by atoms with Crippen molar-refractivity contribution in [3.63, 3.8) is 0 Å². The molecule has 2 aromatic rings. The van der Waals surface area contributed by atoms with Crippen LogP contribution in [0, 0.1) is 17.5 Å². The van der Waals surface area contributed by atoms with Crippen LogP contribution in [-0.2, 0) is 16.9 Å². The number of hydrogen-bond donors (Lipinski definition) is 1. The molecule has 1 aliphatic rings. The lowest BCUT2D eigenvalue weighted by Crippen LogP contribution is -2.41. The van der Waals surface area contributed by atoms with Crippen molar-refractivity contribution in [3.05, 3.63) is 71.0 Å². The number of carbonyl (C=O) groups excluding carboxylic acids is 2. The number of amides is 3. The van der Waals surface area contributed by atoms with E-state index in [1.807, 2.05) is 0 Å². The first-order chi connectivity index (χ1) is 11.3. The molecule has 7 heteroatoms. The lowest BCUT2D eigenvalue weighted by molar-refractivity contribution is -0.131. The summed E-state index contributed by atoms with van der Waals surface area (Å²) in [5, 5.41) is 2.39. The molecule has 3 amide bonds. The zero-order chi connectivity index (χ0) is 17.5. The van der Waals surface area contributed by atoms with E-state index in [4.69, 9.17) is 0 Å². The number of urea groups is 1. The van der Waals surface area contributed by atoms with Crippen LogP contribution >= 0.6 is 0 Å². The minimum Gasteiger partial charge on any atom is -0.319 e. The Bertz CT molecular complexity index is 840. The first-order valence-electron chi connectivity index (χ1n) is 7.15. The Hall–Kier alpha value is -2.83. The molecule has 1 atom stereocenters. The number of carbonyl (C=O) groups is 2. The van der Waals surface area contributed by atoms with Crippen molar-refractivity contribution in [2.45, 2.75) is 19.0 Å². The van der Waals surface area contributed by atoms with E-state index in [0.29, 0.717) is 5.56 Å². The second-order valence-corrected chi connectivity index (χ2v) is 5.70. The van der Waals surface area contributed by atoms with Gasteiger partial charge >= 0.3 is 6.03 Å². The van der Waals surface area contributed by atoms with Crippen molar-refractivity contribution in [3.8, 4) is 0 Å². The van der Waals surface area contributed by atoms with Crippen LogP contribution in [0.5, 0.6) is 0 Å². The van der Waals surface area contributed by atoms with Gasteiger partial charge in [0.05, 0.1) is 6.54 Å². The Morgan fingerprint density at radius 3 is 2.46 bits per heavy atom. The third kappa shape index (κ3) is 2.62. The average molecular weight is 334 g/mol. The Balaban J connectivity index is 1.95. The zero-order valence-electron chi connectivity index (χ0n) is 12.6. The maximum Gasteiger partial charge on any atom is 0.325 e. The van der Waals surface area contributed by atoms with Crippen LogP contribution in [-0.4, -0.2) is 16.8 Å². The highest BCUT2D eigenvalue weighted by Gasteiger charge is 2.50. The maximum atomic E-state index is 14.0. The first-order valence-corrected chi connectivity index (χ1v) is 7.15. The van der Waals surface area contributed by atoms with Crippen LogP contribution in [0.4, 0.5) is 18.0 Å². The summed E-state index contributed by atoms with van der Waals surface area (Å²) in [5.41, 5.74) is -1.58. The van der Waals surface area contributed by atoms with Crippen molar-refractivity contribution in [1.29, 1.82) is 0 Å². The molecule has 1 fully saturated rings. The molecule has 4 nitrogen and oxygen atoms in total. The lowest BCUT2D eigenvalue weighted by Gasteiger charge is -2.22. The number of nitrogens with zero attached hydrogens (tertiary/aromatic N) is 1. The first kappa shape index (κ1) is 16.0. The van der Waals surface area contributed by atoms with E-state index in [1.54, 1.807) is 6.07 Å². The zero-order valence-corrected chi connectivity index (χ0v) is 12.6. The summed E-state index contributed by atoms with van der Waals surface area (Å²) in [6, 6.07) is 7.38. The van der Waals surface area contributed by atoms with Crippen molar-refractivity contribution >= 4 is 11.9 Å². The van der Waals surface area contributed by atoms with E-state index in [1.165, 1.54) is 25.1 Å². The molecule has 0 radical (unpaired) electrons. The fourth-order valence-electron chi connectivity index (χ4n) is 2.72. The van der Waals surface area contributed by atoms with Gasteiger partial charge in [0.25, 0.3) is 5.91 Å². The van der Waals surface area contributed by atoms with Gasteiger partial charge in [-0.1, -0.05) is 12.1 Å². The summed E-state index contributed by atoms with van der Waals surface area (Å²) in [5.74, 6) is -2.77. The number of imide groups is 1. The molecule has 1 N–H and O–H groups in total. The minimum absolute atomic E-state index is 0.172. The van der Waals surface area contributed by atoms with Gasteiger partial charge in [-0.15, -0.1) is 0 Å². The second-order valence-electron chi connectivity index (χ2n) is 5.70. The van der Waals surface area contributed by atoms with Crippen molar-refractivity contribution < 1.29 is 22.8 Å². The molecule has 0 unspecified atom stereocenters. The molecule has 1 aliphatic heterocycles. The Morgan fingerprint density at radius 2 is 1.75 bits per heavy atom. The third-order valence-corrected chi connectivity index (χ3v) is 3.97. The van der Waals surface area contributed by atoms with Gasteiger partial charge in [0, 0.05) is 5.56 Å². The van der Waals surface area contributed by atoms with Crippen LogP contribution < -0.4 is 5.32 Å². The van der Waals surface area contributed by atoms with Crippen molar-refractivity contribution in [2.24, 2.45) is 0 Å². The molecular weight excluding hydrogens is 321 g/mol. The molecule has 1 heterocycles. The number of rotatable bonds is 3. The van der Waals surface area contributed by atoms with Crippen LogP contribution in [0.2, 0.25) is 0 Å². The van der Waals surface area contributed by atoms with Gasteiger partial charge in [0.2, 0.25) is 0 Å². The van der Waals surface area contributed by atoms with Crippen LogP contribution in [0.15, 0.2) is 42.5 Å². The van der Waals surface area contributed by atoms with Crippen molar-refractivity contribution in [2.75, 3.05) is 0 Å². The third-order valence-electron chi connectivity index (χ3n) is 3.97. The fourth-order valence-corrected chi connectivity index (χ4v) is 2.72. The molecule has 1 saturated heterocycles. The van der Waals surface area contributed by atoms with Gasteiger partial charge in [0.15, 0.2) is 0 Å². The van der Waals surface area contributed by atoms with E-state index >= 15 is 0 Å². The maximum absolute atomic E-state index is 14.0. The Kier molecular flexibility index (Phi) is 3.79. The molecule has 3 rings (SSSR count). The predicted molar refractivity (Wildman–Crippen MR) is 79.2 cm³/mol. The summed E-state index contributed by atoms with van der Waals surface area (Å²) >= 11 is 0. The smallest absolute Gasteiger partial charge is 0.319 e. The highest BCUT2D eigenvalue weighted by molar-refractivity contribution is 6.07. The molecule has 124 valence electrons. The summed E-state index contributed by atoms with van der Waals surface area (Å²) in [6.45, 7) is 1.13. The van der Waals surface area contributed by atoms with Gasteiger partial charge in [-0.25, -0.2) is 18.0 Å². The van der Waals surface area contributed by atoms with E-state index in [0.717, 1.165) is 23.1 Å². The van der Waals surface area contributed by atoms with Crippen LogP contribution in [0.1, 0.15) is 18.1 Å². The molecule has 0 bridgehead atoms. The summed E-state index contributed by atoms with van der Waals surface area (Å²) in [7, 11) is 0. The minimum atomic E-state index is -1.73. The van der Waals surface area contributed by atoms with Gasteiger partial charge in [-0.2, -0.15) is 0 Å². The second kappa shape index (κ2) is 5.67. The highest BCUT2D eigenvalue weighted by Crippen LogP contribution is 2.32. The largest absolute Gasteiger partial charge is 0.325 e.